The third kappa shape index (κ3) is 5.44. The number of anilines is 2. The van der Waals surface area contributed by atoms with Crippen molar-refractivity contribution in [1.82, 2.24) is 4.57 Å². The monoisotopic (exact) mass is 860 g/mol. The van der Waals surface area contributed by atoms with Gasteiger partial charge in [0, 0.05) is 84.7 Å². The molecule has 1 N–H and O–H groups in total. The molecule has 3 aromatic heterocycles. The van der Waals surface area contributed by atoms with Gasteiger partial charge < -0.3 is 9.88 Å². The van der Waals surface area contributed by atoms with E-state index in [1.54, 1.807) is 0 Å². The lowest BCUT2D eigenvalue weighted by Gasteiger charge is -2.27. The van der Waals surface area contributed by atoms with Crippen molar-refractivity contribution in [1.29, 1.82) is 0 Å². The normalized spacial score (nSPS) is 14.2. The lowest BCUT2D eigenvalue weighted by atomic mass is 9.58. The van der Waals surface area contributed by atoms with E-state index in [9.17, 15) is 0 Å². The average molecular weight is 861 g/mol. The predicted octanol–water partition coefficient (Wildman–Crippen LogP) is 15.5. The fraction of sp³-hybridized carbons (Fsp3) is 0.186. The maximum Gasteiger partial charge on any atom is 0.198 e. The molecule has 8 aromatic carbocycles. The summed E-state index contributed by atoms with van der Waals surface area (Å²) in [7, 11) is 0.849. The molecule has 0 radical (unpaired) electrons. The van der Waals surface area contributed by atoms with E-state index in [1.807, 2.05) is 22.7 Å². The number of fused-ring (bicyclic) bond motifs is 14. The van der Waals surface area contributed by atoms with Gasteiger partial charge in [0.15, 0.2) is 7.28 Å². The molecule has 1 aliphatic heterocycles. The van der Waals surface area contributed by atoms with E-state index in [2.05, 4.69) is 205 Å². The summed E-state index contributed by atoms with van der Waals surface area (Å²) in [6, 6.07) is 54.1. The van der Waals surface area contributed by atoms with Crippen LogP contribution in [0.2, 0.25) is 0 Å². The zero-order valence-corrected chi connectivity index (χ0v) is 39.4. The van der Waals surface area contributed by atoms with Crippen molar-refractivity contribution in [3.05, 3.63) is 162 Å². The minimum atomic E-state index is -0.0980. The Balaban J connectivity index is 1.11. The summed E-state index contributed by atoms with van der Waals surface area (Å²) < 4.78 is 7.97. The molecular formula is C59H49BN2S2. The second kappa shape index (κ2) is 13.0. The van der Waals surface area contributed by atoms with E-state index in [4.69, 9.17) is 0 Å². The minimum Gasteiger partial charge on any atom is -0.355 e. The Bertz CT molecular complexity index is 3820. The van der Waals surface area contributed by atoms with Gasteiger partial charge >= 0.3 is 0 Å². The Hall–Kier alpha value is -6.14. The van der Waals surface area contributed by atoms with Crippen molar-refractivity contribution in [3.8, 4) is 27.9 Å². The summed E-state index contributed by atoms with van der Waals surface area (Å²) in [5.74, 6) is 0. The Morgan fingerprint density at radius 1 is 0.500 bits per heavy atom. The molecule has 0 spiro atoms. The van der Waals surface area contributed by atoms with Crippen molar-refractivity contribution in [2.24, 2.45) is 0 Å². The Labute approximate surface area is 383 Å². The quantitative estimate of drug-likeness (QED) is 0.175. The van der Waals surface area contributed by atoms with Gasteiger partial charge in [-0.2, -0.15) is 0 Å². The van der Waals surface area contributed by atoms with Crippen LogP contribution < -0.4 is 16.2 Å². The van der Waals surface area contributed by atoms with Crippen LogP contribution in [0, 0.1) is 0 Å². The van der Waals surface area contributed by atoms with E-state index in [1.165, 1.54) is 123 Å². The highest BCUT2D eigenvalue weighted by molar-refractivity contribution is 7.26. The van der Waals surface area contributed by atoms with Gasteiger partial charge in [0.05, 0.1) is 5.52 Å². The van der Waals surface area contributed by atoms with Crippen molar-refractivity contribution in [2.75, 3.05) is 5.32 Å². The van der Waals surface area contributed by atoms with Crippen LogP contribution >= 0.6 is 22.7 Å². The molecule has 64 heavy (non-hydrogen) atoms. The van der Waals surface area contributed by atoms with Crippen LogP contribution in [0.15, 0.2) is 140 Å². The molecule has 0 saturated heterocycles. The zero-order valence-electron chi connectivity index (χ0n) is 37.7. The molecule has 2 nitrogen and oxygen atoms in total. The molecule has 0 bridgehead atoms. The lowest BCUT2D eigenvalue weighted by molar-refractivity contribution is 0.590. The summed E-state index contributed by atoms with van der Waals surface area (Å²) in [4.78, 5) is 0. The fourth-order valence-corrected chi connectivity index (χ4v) is 13.5. The van der Waals surface area contributed by atoms with Crippen LogP contribution in [0.3, 0.4) is 0 Å². The van der Waals surface area contributed by atoms with Gasteiger partial charge in [0.2, 0.25) is 0 Å². The first-order chi connectivity index (χ1) is 30.7. The Kier molecular flexibility index (Phi) is 7.78. The van der Waals surface area contributed by atoms with Gasteiger partial charge in [-0.25, -0.2) is 0 Å². The third-order valence-corrected chi connectivity index (χ3v) is 17.0. The van der Waals surface area contributed by atoms with Crippen molar-refractivity contribution >= 4 is 114 Å². The summed E-state index contributed by atoms with van der Waals surface area (Å²) >= 11 is 3.81. The fourth-order valence-electron chi connectivity index (χ4n) is 11.2. The molecule has 1 aliphatic carbocycles. The average Bonchev–Trinajstić information content (AvgIpc) is 3.98. The Morgan fingerprint density at radius 3 is 1.98 bits per heavy atom. The first-order valence-corrected chi connectivity index (χ1v) is 24.4. The van der Waals surface area contributed by atoms with Gasteiger partial charge in [-0.1, -0.05) is 140 Å². The van der Waals surface area contributed by atoms with Gasteiger partial charge in [0.25, 0.3) is 0 Å². The van der Waals surface area contributed by atoms with Gasteiger partial charge in [0.1, 0.15) is 0 Å². The zero-order chi connectivity index (χ0) is 43.6. The molecule has 5 heteroatoms. The summed E-state index contributed by atoms with van der Waals surface area (Å²) in [6.07, 6.45) is 0. The number of nitrogens with one attached hydrogen (secondary N) is 1. The van der Waals surface area contributed by atoms with Crippen LogP contribution in [0.1, 0.15) is 77.6 Å². The molecule has 0 unspecified atom stereocenters. The highest BCUT2D eigenvalue weighted by Crippen LogP contribution is 2.51. The SMILES string of the molecule is CC(C)(C)c1ccc(Nc2cc3sc4ccc(C(C)(C)C)cc4c3cc2-c2ccc3c4cc5sc6ccccc6c5cc4n4c3c2Bc2cc3c(cc2-4)C(C)(C)c2ccccc2-3)cc1. The van der Waals surface area contributed by atoms with Gasteiger partial charge in [-0.3, -0.25) is 0 Å². The second-order valence-corrected chi connectivity index (χ2v) is 23.2. The summed E-state index contributed by atoms with van der Waals surface area (Å²) in [5, 5.41) is 12.0. The summed E-state index contributed by atoms with van der Waals surface area (Å²) in [6.45, 7) is 18.6. The Morgan fingerprint density at radius 2 is 1.19 bits per heavy atom. The smallest absolute Gasteiger partial charge is 0.198 e. The first kappa shape index (κ1) is 38.3. The molecule has 0 atom stereocenters. The predicted molar refractivity (Wildman–Crippen MR) is 283 cm³/mol. The van der Waals surface area contributed by atoms with Crippen LogP contribution in [-0.2, 0) is 16.2 Å². The van der Waals surface area contributed by atoms with E-state index < -0.39 is 0 Å². The van der Waals surface area contributed by atoms with Crippen LogP contribution in [0.4, 0.5) is 11.4 Å². The molecule has 0 saturated carbocycles. The number of thiophene rings is 2. The van der Waals surface area contributed by atoms with E-state index in [0.29, 0.717) is 0 Å². The van der Waals surface area contributed by atoms with Crippen LogP contribution in [-0.4, -0.2) is 11.8 Å². The first-order valence-electron chi connectivity index (χ1n) is 22.8. The van der Waals surface area contributed by atoms with Gasteiger partial charge in [-0.15, -0.1) is 22.7 Å². The molecule has 4 heterocycles. The maximum absolute atomic E-state index is 3.99. The molecule has 0 amide bonds. The van der Waals surface area contributed by atoms with E-state index in [-0.39, 0.29) is 16.2 Å². The van der Waals surface area contributed by atoms with E-state index >= 15 is 0 Å². The molecule has 2 aliphatic rings. The number of hydrogen-bond acceptors (Lipinski definition) is 3. The van der Waals surface area contributed by atoms with Crippen LogP contribution in [0.25, 0.3) is 90.1 Å². The topological polar surface area (TPSA) is 17.0 Å². The number of rotatable bonds is 3. The molecule has 13 rings (SSSR count). The van der Waals surface area contributed by atoms with Crippen molar-refractivity contribution in [3.63, 3.8) is 0 Å². The minimum absolute atomic E-state index is 0.0543. The molecule has 11 aromatic rings. The third-order valence-electron chi connectivity index (χ3n) is 14.7. The molecular weight excluding hydrogens is 812 g/mol. The van der Waals surface area contributed by atoms with E-state index in [0.717, 1.165) is 18.7 Å². The number of nitrogens with zero attached hydrogens (tertiary/aromatic N) is 1. The maximum atomic E-state index is 3.99. The number of benzene rings is 8. The van der Waals surface area contributed by atoms with Crippen LogP contribution in [0.5, 0.6) is 0 Å². The summed E-state index contributed by atoms with van der Waals surface area (Å²) in [5.41, 5.74) is 19.8. The number of aromatic nitrogens is 1. The van der Waals surface area contributed by atoms with Crippen molar-refractivity contribution < 1.29 is 0 Å². The molecule has 0 fully saturated rings. The standard InChI is InChI=1S/C59H49BN2S2/c1-57(2,3)32-17-20-34(21-18-32)61-48-31-54-43(42-25-33(58(4,5)6)19-24-52(42)64-54)26-40(48)37-22-23-38-41-29-53-44(36-14-10-12-16-51(36)63-53)28-49(41)62-50-30-46-39(27-47(50)60-55(37)56(38)62)35-13-9-11-15-45(35)59(46,7)8/h9-31,60-61H,1-8H3. The van der Waals surface area contributed by atoms with Gasteiger partial charge in [-0.05, 0) is 116 Å². The largest absolute Gasteiger partial charge is 0.355 e. The number of hydrogen-bond donors (Lipinski definition) is 1. The van der Waals surface area contributed by atoms with Crippen molar-refractivity contribution in [2.45, 2.75) is 71.6 Å². The molecule has 310 valence electrons. The second-order valence-electron chi connectivity index (χ2n) is 21.1. The lowest BCUT2D eigenvalue weighted by Crippen LogP contribution is -2.37. The highest BCUT2D eigenvalue weighted by atomic mass is 32.1. The highest BCUT2D eigenvalue weighted by Gasteiger charge is 2.38.